The van der Waals surface area contributed by atoms with E-state index in [1.165, 1.54) is 50.8 Å². The highest BCUT2D eigenvalue weighted by molar-refractivity contribution is 5.27. The zero-order valence-corrected chi connectivity index (χ0v) is 11.5. The highest BCUT2D eigenvalue weighted by Gasteiger charge is 2.31. The number of hydrogen-bond acceptors (Lipinski definition) is 3. The van der Waals surface area contributed by atoms with Gasteiger partial charge in [0.2, 0.25) is 0 Å². The van der Waals surface area contributed by atoms with Crippen molar-refractivity contribution in [2.45, 2.75) is 50.7 Å². The van der Waals surface area contributed by atoms with Crippen LogP contribution in [-0.2, 0) is 6.54 Å². The lowest BCUT2D eigenvalue weighted by Gasteiger charge is -2.39. The van der Waals surface area contributed by atoms with Crippen molar-refractivity contribution in [3.8, 4) is 5.75 Å². The summed E-state index contributed by atoms with van der Waals surface area (Å²) in [6.45, 7) is 3.34. The van der Waals surface area contributed by atoms with Gasteiger partial charge in [-0.3, -0.25) is 4.90 Å². The third-order valence-corrected chi connectivity index (χ3v) is 4.52. The molecule has 19 heavy (non-hydrogen) atoms. The number of phenolic OH excluding ortho intramolecular Hbond substituents is 1. The molecule has 1 aromatic rings. The van der Waals surface area contributed by atoms with Gasteiger partial charge in [-0.05, 0) is 56.5 Å². The molecule has 0 spiro atoms. The summed E-state index contributed by atoms with van der Waals surface area (Å²) in [4.78, 5) is 2.61. The lowest BCUT2D eigenvalue weighted by molar-refractivity contribution is 0.112. The van der Waals surface area contributed by atoms with Crippen LogP contribution in [0.15, 0.2) is 24.3 Å². The molecule has 2 saturated heterocycles. The van der Waals surface area contributed by atoms with E-state index in [9.17, 15) is 5.11 Å². The first-order valence-corrected chi connectivity index (χ1v) is 7.58. The number of piperidine rings is 1. The third kappa shape index (κ3) is 3.10. The predicted octanol–water partition coefficient (Wildman–Crippen LogP) is 2.50. The average molecular weight is 260 g/mol. The number of likely N-dealkylation sites (tertiary alicyclic amines) is 1. The molecular formula is C16H24N2O. The zero-order valence-electron chi connectivity index (χ0n) is 11.5. The van der Waals surface area contributed by atoms with Crippen LogP contribution in [0.4, 0.5) is 0 Å². The largest absolute Gasteiger partial charge is 0.508 e. The number of phenols is 1. The first kappa shape index (κ1) is 12.9. The molecule has 2 fully saturated rings. The average Bonchev–Trinajstić information content (AvgIpc) is 2.93. The number of nitrogens with zero attached hydrogens (tertiary/aromatic N) is 1. The number of benzene rings is 1. The van der Waals surface area contributed by atoms with Gasteiger partial charge in [0.25, 0.3) is 0 Å². The van der Waals surface area contributed by atoms with Crippen molar-refractivity contribution >= 4 is 0 Å². The summed E-state index contributed by atoms with van der Waals surface area (Å²) in [5.41, 5.74) is 1.23. The Hall–Kier alpha value is -1.06. The van der Waals surface area contributed by atoms with Crippen LogP contribution in [0.1, 0.15) is 37.7 Å². The molecule has 0 aliphatic carbocycles. The summed E-state index contributed by atoms with van der Waals surface area (Å²) in [6, 6.07) is 9.06. The van der Waals surface area contributed by atoms with Gasteiger partial charge in [-0.2, -0.15) is 0 Å². The van der Waals surface area contributed by atoms with Gasteiger partial charge in [-0.25, -0.2) is 0 Å². The highest BCUT2D eigenvalue weighted by atomic mass is 16.3. The van der Waals surface area contributed by atoms with Crippen LogP contribution < -0.4 is 5.32 Å². The molecule has 104 valence electrons. The van der Waals surface area contributed by atoms with E-state index in [1.807, 2.05) is 12.1 Å². The molecular weight excluding hydrogens is 236 g/mol. The second-order valence-electron chi connectivity index (χ2n) is 5.91. The molecule has 0 bridgehead atoms. The Balaban J connectivity index is 1.69. The minimum Gasteiger partial charge on any atom is -0.508 e. The molecule has 2 unspecified atom stereocenters. The van der Waals surface area contributed by atoms with Crippen molar-refractivity contribution in [1.82, 2.24) is 10.2 Å². The molecule has 3 heteroatoms. The summed E-state index contributed by atoms with van der Waals surface area (Å²) < 4.78 is 0. The summed E-state index contributed by atoms with van der Waals surface area (Å²) in [5.74, 6) is 0.380. The molecule has 2 aliphatic heterocycles. The van der Waals surface area contributed by atoms with Crippen molar-refractivity contribution in [2.24, 2.45) is 0 Å². The first-order chi connectivity index (χ1) is 9.33. The number of hydrogen-bond donors (Lipinski definition) is 2. The second-order valence-corrected chi connectivity index (χ2v) is 5.91. The normalized spacial score (nSPS) is 28.6. The topological polar surface area (TPSA) is 35.5 Å². The maximum Gasteiger partial charge on any atom is 0.115 e. The van der Waals surface area contributed by atoms with Gasteiger partial charge in [-0.1, -0.05) is 18.6 Å². The maximum absolute atomic E-state index is 9.59. The fourth-order valence-electron chi connectivity index (χ4n) is 3.60. The predicted molar refractivity (Wildman–Crippen MR) is 77.2 cm³/mol. The fourth-order valence-corrected chi connectivity index (χ4v) is 3.60. The molecule has 2 aliphatic rings. The molecule has 2 atom stereocenters. The molecule has 2 N–H and O–H groups in total. The first-order valence-electron chi connectivity index (χ1n) is 7.58. The molecule has 3 rings (SSSR count). The van der Waals surface area contributed by atoms with Crippen LogP contribution in [0.5, 0.6) is 5.75 Å². The fraction of sp³-hybridized carbons (Fsp3) is 0.625. The minimum atomic E-state index is 0.380. The van der Waals surface area contributed by atoms with E-state index >= 15 is 0 Å². The minimum absolute atomic E-state index is 0.380. The van der Waals surface area contributed by atoms with Crippen LogP contribution >= 0.6 is 0 Å². The lowest BCUT2D eigenvalue weighted by Crippen LogP contribution is -2.49. The zero-order chi connectivity index (χ0) is 13.1. The highest BCUT2D eigenvalue weighted by Crippen LogP contribution is 2.26. The summed E-state index contributed by atoms with van der Waals surface area (Å²) in [5, 5.41) is 13.3. The van der Waals surface area contributed by atoms with Crippen LogP contribution in [0, 0.1) is 0 Å². The van der Waals surface area contributed by atoms with Crippen molar-refractivity contribution in [1.29, 1.82) is 0 Å². The third-order valence-electron chi connectivity index (χ3n) is 4.52. The Kier molecular flexibility index (Phi) is 4.04. The SMILES string of the molecule is Oc1cccc(CN2CCCCC2C2CCCN2)c1. The number of rotatable bonds is 3. The summed E-state index contributed by atoms with van der Waals surface area (Å²) >= 11 is 0. The quantitative estimate of drug-likeness (QED) is 0.876. The molecule has 2 heterocycles. The summed E-state index contributed by atoms with van der Waals surface area (Å²) in [6.07, 6.45) is 6.63. The van der Waals surface area contributed by atoms with E-state index in [-0.39, 0.29) is 0 Å². The van der Waals surface area contributed by atoms with Gasteiger partial charge in [-0.15, -0.1) is 0 Å². The Morgan fingerprint density at radius 3 is 2.95 bits per heavy atom. The van der Waals surface area contributed by atoms with Gasteiger partial charge < -0.3 is 10.4 Å². The van der Waals surface area contributed by atoms with Crippen molar-refractivity contribution in [3.05, 3.63) is 29.8 Å². The van der Waals surface area contributed by atoms with Crippen LogP contribution in [-0.4, -0.2) is 35.2 Å². The van der Waals surface area contributed by atoms with E-state index in [0.29, 0.717) is 17.8 Å². The Labute approximate surface area is 115 Å². The van der Waals surface area contributed by atoms with Gasteiger partial charge in [0, 0.05) is 18.6 Å². The number of nitrogens with one attached hydrogen (secondary N) is 1. The monoisotopic (exact) mass is 260 g/mol. The van der Waals surface area contributed by atoms with Crippen molar-refractivity contribution in [3.63, 3.8) is 0 Å². The van der Waals surface area contributed by atoms with E-state index in [1.54, 1.807) is 6.07 Å². The van der Waals surface area contributed by atoms with Crippen LogP contribution in [0.2, 0.25) is 0 Å². The molecule has 3 nitrogen and oxygen atoms in total. The Bertz CT molecular complexity index is 415. The van der Waals surface area contributed by atoms with Gasteiger partial charge in [0.05, 0.1) is 0 Å². The molecule has 0 aromatic heterocycles. The molecule has 0 saturated carbocycles. The van der Waals surface area contributed by atoms with E-state index in [2.05, 4.69) is 16.3 Å². The number of aromatic hydroxyl groups is 1. The van der Waals surface area contributed by atoms with Crippen molar-refractivity contribution in [2.75, 3.05) is 13.1 Å². The molecule has 0 amide bonds. The Morgan fingerprint density at radius 2 is 2.16 bits per heavy atom. The Morgan fingerprint density at radius 1 is 1.21 bits per heavy atom. The van der Waals surface area contributed by atoms with E-state index in [0.717, 1.165) is 6.54 Å². The molecule has 0 radical (unpaired) electrons. The standard InChI is InChI=1S/C16H24N2O/c19-14-6-3-5-13(11-14)12-18-10-2-1-8-16(18)15-7-4-9-17-15/h3,5-6,11,15-17,19H,1-2,4,7-10,12H2. The summed E-state index contributed by atoms with van der Waals surface area (Å²) in [7, 11) is 0. The maximum atomic E-state index is 9.59. The van der Waals surface area contributed by atoms with Gasteiger partial charge in [0.15, 0.2) is 0 Å². The lowest BCUT2D eigenvalue weighted by atomic mass is 9.94. The molecule has 1 aromatic carbocycles. The smallest absolute Gasteiger partial charge is 0.115 e. The second kappa shape index (κ2) is 5.93. The van der Waals surface area contributed by atoms with E-state index in [4.69, 9.17) is 0 Å². The van der Waals surface area contributed by atoms with E-state index < -0.39 is 0 Å². The van der Waals surface area contributed by atoms with Crippen LogP contribution in [0.3, 0.4) is 0 Å². The van der Waals surface area contributed by atoms with Gasteiger partial charge in [0.1, 0.15) is 5.75 Å². The van der Waals surface area contributed by atoms with Crippen LogP contribution in [0.25, 0.3) is 0 Å². The van der Waals surface area contributed by atoms with Crippen molar-refractivity contribution < 1.29 is 5.11 Å². The van der Waals surface area contributed by atoms with Gasteiger partial charge >= 0.3 is 0 Å².